The van der Waals surface area contributed by atoms with Crippen molar-refractivity contribution in [3.8, 4) is 6.07 Å². The van der Waals surface area contributed by atoms with Crippen molar-refractivity contribution in [1.82, 2.24) is 0 Å². The molecule has 16 heavy (non-hydrogen) atoms. The van der Waals surface area contributed by atoms with E-state index in [2.05, 4.69) is 6.07 Å². The highest BCUT2D eigenvalue weighted by Gasteiger charge is 2.22. The van der Waals surface area contributed by atoms with Crippen LogP contribution in [-0.4, -0.2) is 5.78 Å². The summed E-state index contributed by atoms with van der Waals surface area (Å²) >= 11 is 0. The zero-order valence-corrected chi connectivity index (χ0v) is 9.28. The summed E-state index contributed by atoms with van der Waals surface area (Å²) in [5.74, 6) is 0.402. The summed E-state index contributed by atoms with van der Waals surface area (Å²) in [6.07, 6.45) is 5.59. The van der Waals surface area contributed by atoms with Gasteiger partial charge in [-0.15, -0.1) is 0 Å². The van der Waals surface area contributed by atoms with Crippen LogP contribution in [0.4, 0.5) is 0 Å². The lowest BCUT2D eigenvalue weighted by atomic mass is 9.84. The maximum absolute atomic E-state index is 12.2. The van der Waals surface area contributed by atoms with E-state index in [4.69, 9.17) is 5.26 Å². The third-order valence-corrected chi connectivity index (χ3v) is 3.25. The lowest BCUT2D eigenvalue weighted by Crippen LogP contribution is -2.17. The normalized spacial score (nSPS) is 16.7. The second kappa shape index (κ2) is 4.94. The molecule has 2 heteroatoms. The predicted octanol–water partition coefficient (Wildman–Crippen LogP) is 3.32. The Morgan fingerprint density at radius 2 is 2.00 bits per heavy atom. The van der Waals surface area contributed by atoms with E-state index in [1.807, 2.05) is 6.07 Å². The van der Waals surface area contributed by atoms with Crippen LogP contribution in [0.2, 0.25) is 0 Å². The number of benzene rings is 1. The molecular weight excluding hydrogens is 198 g/mol. The van der Waals surface area contributed by atoms with E-state index < -0.39 is 0 Å². The first-order valence-corrected chi connectivity index (χ1v) is 5.85. The van der Waals surface area contributed by atoms with Crippen LogP contribution in [0.15, 0.2) is 24.3 Å². The Hall–Kier alpha value is -1.62. The largest absolute Gasteiger partial charge is 0.294 e. The van der Waals surface area contributed by atoms with Crippen LogP contribution in [0.3, 0.4) is 0 Å². The van der Waals surface area contributed by atoms with Crippen LogP contribution in [0.1, 0.15) is 48.0 Å². The van der Waals surface area contributed by atoms with Gasteiger partial charge in [-0.25, -0.2) is 0 Å². The Labute approximate surface area is 95.9 Å². The minimum absolute atomic E-state index is 0.183. The molecule has 2 nitrogen and oxygen atoms in total. The molecule has 0 aliphatic heterocycles. The maximum Gasteiger partial charge on any atom is 0.165 e. The van der Waals surface area contributed by atoms with E-state index in [0.29, 0.717) is 11.1 Å². The Kier molecular flexibility index (Phi) is 3.36. The highest BCUT2D eigenvalue weighted by atomic mass is 16.1. The number of ketones is 1. The van der Waals surface area contributed by atoms with E-state index in [1.54, 1.807) is 18.2 Å². The molecule has 0 N–H and O–H groups in total. The molecule has 82 valence electrons. The third kappa shape index (κ3) is 2.30. The molecule has 1 aromatic rings. The summed E-state index contributed by atoms with van der Waals surface area (Å²) in [5.41, 5.74) is 1.27. The van der Waals surface area contributed by atoms with Gasteiger partial charge in [0.05, 0.1) is 11.6 Å². The van der Waals surface area contributed by atoms with Gasteiger partial charge in [-0.1, -0.05) is 31.4 Å². The number of carbonyl (C=O) groups is 1. The summed E-state index contributed by atoms with van der Waals surface area (Å²) in [6.45, 7) is 0. The minimum atomic E-state index is 0.183. The quantitative estimate of drug-likeness (QED) is 0.707. The van der Waals surface area contributed by atoms with Crippen LogP contribution in [-0.2, 0) is 0 Å². The van der Waals surface area contributed by atoms with Crippen molar-refractivity contribution in [3.05, 3.63) is 35.4 Å². The van der Waals surface area contributed by atoms with Crippen molar-refractivity contribution >= 4 is 5.78 Å². The topological polar surface area (TPSA) is 40.9 Å². The first-order valence-electron chi connectivity index (χ1n) is 5.85. The third-order valence-electron chi connectivity index (χ3n) is 3.25. The lowest BCUT2D eigenvalue weighted by molar-refractivity contribution is 0.0889. The van der Waals surface area contributed by atoms with Gasteiger partial charge in [-0.05, 0) is 25.0 Å². The van der Waals surface area contributed by atoms with Crippen LogP contribution in [0, 0.1) is 17.2 Å². The van der Waals surface area contributed by atoms with E-state index in [1.165, 1.54) is 6.42 Å². The van der Waals surface area contributed by atoms with Gasteiger partial charge in [0.25, 0.3) is 0 Å². The number of carbonyl (C=O) groups excluding carboxylic acids is 1. The van der Waals surface area contributed by atoms with E-state index in [9.17, 15) is 4.79 Å². The number of Topliss-reactive ketones (excluding diaryl/α,β-unsaturated/α-hetero) is 1. The van der Waals surface area contributed by atoms with Crippen molar-refractivity contribution in [1.29, 1.82) is 5.26 Å². The summed E-state index contributed by atoms with van der Waals surface area (Å²) < 4.78 is 0. The molecule has 1 aliphatic carbocycles. The summed E-state index contributed by atoms with van der Waals surface area (Å²) in [6, 6.07) is 9.12. The second-order valence-electron chi connectivity index (χ2n) is 4.39. The molecule has 1 aromatic carbocycles. The predicted molar refractivity (Wildman–Crippen MR) is 62.1 cm³/mol. The van der Waals surface area contributed by atoms with Gasteiger partial charge >= 0.3 is 0 Å². The zero-order chi connectivity index (χ0) is 11.4. The molecule has 1 saturated carbocycles. The Balaban J connectivity index is 2.16. The average Bonchev–Trinajstić information content (AvgIpc) is 2.39. The number of rotatable bonds is 2. The first kappa shape index (κ1) is 10.9. The standard InChI is InChI=1S/C14H15NO/c15-10-11-5-4-8-13(9-11)14(16)12-6-2-1-3-7-12/h4-5,8-9,12H,1-3,6-7H2. The van der Waals surface area contributed by atoms with Crippen molar-refractivity contribution in [3.63, 3.8) is 0 Å². The molecule has 2 rings (SSSR count). The molecule has 0 saturated heterocycles. The highest BCUT2D eigenvalue weighted by molar-refractivity contribution is 5.98. The van der Waals surface area contributed by atoms with Gasteiger partial charge in [0.15, 0.2) is 5.78 Å². The molecular formula is C14H15NO. The van der Waals surface area contributed by atoms with Crippen molar-refractivity contribution in [2.75, 3.05) is 0 Å². The molecule has 0 spiro atoms. The summed E-state index contributed by atoms with van der Waals surface area (Å²) in [5, 5.41) is 8.79. The van der Waals surface area contributed by atoms with Crippen LogP contribution >= 0.6 is 0 Å². The molecule has 1 aliphatic rings. The SMILES string of the molecule is N#Cc1cccc(C(=O)C2CCCCC2)c1. The van der Waals surface area contributed by atoms with Gasteiger partial charge in [-0.2, -0.15) is 5.26 Å². The Bertz CT molecular complexity index is 425. The zero-order valence-electron chi connectivity index (χ0n) is 9.28. The molecule has 0 atom stereocenters. The van der Waals surface area contributed by atoms with Gasteiger partial charge < -0.3 is 0 Å². The Morgan fingerprint density at radius 3 is 2.69 bits per heavy atom. The van der Waals surface area contributed by atoms with Crippen molar-refractivity contribution < 1.29 is 4.79 Å². The van der Waals surface area contributed by atoms with E-state index in [0.717, 1.165) is 25.7 Å². The van der Waals surface area contributed by atoms with Gasteiger partial charge in [0.2, 0.25) is 0 Å². The van der Waals surface area contributed by atoms with Gasteiger partial charge in [0, 0.05) is 11.5 Å². The monoisotopic (exact) mass is 213 g/mol. The molecule has 0 amide bonds. The smallest absolute Gasteiger partial charge is 0.165 e. The Morgan fingerprint density at radius 1 is 1.25 bits per heavy atom. The molecule has 0 radical (unpaired) electrons. The van der Waals surface area contributed by atoms with Crippen LogP contribution in [0.25, 0.3) is 0 Å². The van der Waals surface area contributed by atoms with Crippen LogP contribution < -0.4 is 0 Å². The minimum Gasteiger partial charge on any atom is -0.294 e. The fraction of sp³-hybridized carbons (Fsp3) is 0.429. The molecule has 0 bridgehead atoms. The van der Waals surface area contributed by atoms with E-state index >= 15 is 0 Å². The average molecular weight is 213 g/mol. The fourth-order valence-electron chi connectivity index (χ4n) is 2.34. The second-order valence-corrected chi connectivity index (χ2v) is 4.39. The molecule has 1 fully saturated rings. The summed E-state index contributed by atoms with van der Waals surface area (Å²) in [4.78, 5) is 12.2. The molecule has 0 aromatic heterocycles. The van der Waals surface area contributed by atoms with Gasteiger partial charge in [-0.3, -0.25) is 4.79 Å². The first-order chi connectivity index (χ1) is 7.81. The molecule has 0 unspecified atom stereocenters. The number of nitrogens with zero attached hydrogens (tertiary/aromatic N) is 1. The molecule has 0 heterocycles. The van der Waals surface area contributed by atoms with Gasteiger partial charge in [0.1, 0.15) is 0 Å². The number of hydrogen-bond acceptors (Lipinski definition) is 2. The fourth-order valence-corrected chi connectivity index (χ4v) is 2.34. The van der Waals surface area contributed by atoms with Crippen molar-refractivity contribution in [2.24, 2.45) is 5.92 Å². The highest BCUT2D eigenvalue weighted by Crippen LogP contribution is 2.26. The van der Waals surface area contributed by atoms with Crippen LogP contribution in [0.5, 0.6) is 0 Å². The number of nitriles is 1. The maximum atomic E-state index is 12.2. The number of hydrogen-bond donors (Lipinski definition) is 0. The van der Waals surface area contributed by atoms with E-state index in [-0.39, 0.29) is 11.7 Å². The summed E-state index contributed by atoms with van der Waals surface area (Å²) in [7, 11) is 0. The lowest BCUT2D eigenvalue weighted by Gasteiger charge is -2.20. The van der Waals surface area contributed by atoms with Crippen molar-refractivity contribution in [2.45, 2.75) is 32.1 Å².